The van der Waals surface area contributed by atoms with Crippen LogP contribution in [0.1, 0.15) is 34.6 Å². The van der Waals surface area contributed by atoms with Gasteiger partial charge < -0.3 is 15.4 Å². The van der Waals surface area contributed by atoms with E-state index in [0.717, 1.165) is 4.90 Å². The molecule has 0 aliphatic carbocycles. The van der Waals surface area contributed by atoms with Gasteiger partial charge in [-0.25, -0.2) is 9.18 Å². The molecule has 0 saturated heterocycles. The van der Waals surface area contributed by atoms with E-state index in [1.165, 1.54) is 30.0 Å². The summed E-state index contributed by atoms with van der Waals surface area (Å²) in [5.41, 5.74) is 1.42. The van der Waals surface area contributed by atoms with Crippen molar-refractivity contribution in [1.29, 1.82) is 0 Å². The highest BCUT2D eigenvalue weighted by Crippen LogP contribution is 2.27. The van der Waals surface area contributed by atoms with Gasteiger partial charge >= 0.3 is 5.97 Å². The number of nitrogens with one attached hydrogen (secondary N) is 2. The molecule has 0 aliphatic heterocycles. The molecule has 8 heteroatoms. The first-order chi connectivity index (χ1) is 15.9. The van der Waals surface area contributed by atoms with Gasteiger partial charge in [0.05, 0.1) is 23.0 Å². The molecule has 0 bridgehead atoms. The van der Waals surface area contributed by atoms with Crippen LogP contribution in [0, 0.1) is 5.82 Å². The lowest BCUT2D eigenvalue weighted by Crippen LogP contribution is -2.22. The second-order valence-electron chi connectivity index (χ2n) is 7.01. The van der Waals surface area contributed by atoms with Crippen molar-refractivity contribution in [2.24, 2.45) is 0 Å². The number of carbonyl (C=O) groups excluding carboxylic acids is 3. The van der Waals surface area contributed by atoms with Gasteiger partial charge in [-0.3, -0.25) is 9.59 Å². The fourth-order valence-corrected chi connectivity index (χ4v) is 3.82. The first-order valence-electron chi connectivity index (χ1n) is 10.3. The molecule has 0 aliphatic rings. The van der Waals surface area contributed by atoms with Crippen molar-refractivity contribution in [2.45, 2.75) is 24.0 Å². The van der Waals surface area contributed by atoms with Crippen molar-refractivity contribution >= 4 is 40.9 Å². The number of halogens is 1. The van der Waals surface area contributed by atoms with Gasteiger partial charge in [-0.15, -0.1) is 11.8 Å². The maximum absolute atomic E-state index is 13.8. The lowest BCUT2D eigenvalue weighted by molar-refractivity contribution is -0.115. The Morgan fingerprint density at radius 1 is 0.939 bits per heavy atom. The SMILES string of the molecule is CCOC(=O)c1ccc(NC(=O)C(C)Sc2cccc(NC(=O)c3ccccc3F)c2)cc1. The molecule has 0 spiro atoms. The average molecular weight is 467 g/mol. The molecule has 0 fully saturated rings. The highest BCUT2D eigenvalue weighted by atomic mass is 32.2. The number of esters is 1. The summed E-state index contributed by atoms with van der Waals surface area (Å²) in [6.45, 7) is 3.79. The summed E-state index contributed by atoms with van der Waals surface area (Å²) in [4.78, 5) is 37.4. The van der Waals surface area contributed by atoms with Crippen molar-refractivity contribution in [3.63, 3.8) is 0 Å². The Labute approximate surface area is 195 Å². The highest BCUT2D eigenvalue weighted by molar-refractivity contribution is 8.00. The maximum Gasteiger partial charge on any atom is 0.338 e. The van der Waals surface area contributed by atoms with Crippen LogP contribution in [0.25, 0.3) is 0 Å². The Hall–Kier alpha value is -3.65. The smallest absolute Gasteiger partial charge is 0.338 e. The molecule has 170 valence electrons. The minimum Gasteiger partial charge on any atom is -0.462 e. The Kier molecular flexibility index (Phi) is 8.21. The molecule has 0 radical (unpaired) electrons. The number of hydrogen-bond acceptors (Lipinski definition) is 5. The van der Waals surface area contributed by atoms with Gasteiger partial charge in [-0.2, -0.15) is 0 Å². The lowest BCUT2D eigenvalue weighted by Gasteiger charge is -2.13. The second kappa shape index (κ2) is 11.3. The molecule has 2 N–H and O–H groups in total. The Bertz CT molecular complexity index is 1150. The first kappa shape index (κ1) is 24.0. The van der Waals surface area contributed by atoms with Crippen molar-refractivity contribution in [3.05, 3.63) is 89.7 Å². The minimum atomic E-state index is -0.596. The average Bonchev–Trinajstić information content (AvgIpc) is 2.80. The molecule has 1 unspecified atom stereocenters. The van der Waals surface area contributed by atoms with E-state index in [0.29, 0.717) is 23.5 Å². The third kappa shape index (κ3) is 6.66. The van der Waals surface area contributed by atoms with Gasteiger partial charge in [0.25, 0.3) is 5.91 Å². The molecule has 0 saturated carbocycles. The number of benzene rings is 3. The second-order valence-corrected chi connectivity index (χ2v) is 8.42. The van der Waals surface area contributed by atoms with E-state index in [1.807, 2.05) is 6.07 Å². The minimum absolute atomic E-state index is 0.0442. The number of amides is 2. The van der Waals surface area contributed by atoms with E-state index in [1.54, 1.807) is 62.4 Å². The fraction of sp³-hybridized carbons (Fsp3) is 0.160. The zero-order valence-electron chi connectivity index (χ0n) is 18.1. The molecule has 1 atom stereocenters. The molecule has 0 heterocycles. The summed E-state index contributed by atoms with van der Waals surface area (Å²) in [6, 6.07) is 19.2. The van der Waals surface area contributed by atoms with E-state index in [2.05, 4.69) is 10.6 Å². The van der Waals surface area contributed by atoms with E-state index in [-0.39, 0.29) is 11.5 Å². The Morgan fingerprint density at radius 3 is 2.36 bits per heavy atom. The van der Waals surface area contributed by atoms with Crippen LogP contribution in [0.5, 0.6) is 0 Å². The van der Waals surface area contributed by atoms with Gasteiger partial charge in [0, 0.05) is 16.3 Å². The van der Waals surface area contributed by atoms with E-state index < -0.39 is 22.9 Å². The largest absolute Gasteiger partial charge is 0.462 e. The molecule has 3 aromatic carbocycles. The number of anilines is 2. The molecular weight excluding hydrogens is 443 g/mol. The van der Waals surface area contributed by atoms with E-state index in [9.17, 15) is 18.8 Å². The lowest BCUT2D eigenvalue weighted by atomic mass is 10.2. The van der Waals surface area contributed by atoms with Gasteiger partial charge in [0.2, 0.25) is 5.91 Å². The number of thioether (sulfide) groups is 1. The van der Waals surface area contributed by atoms with Crippen LogP contribution >= 0.6 is 11.8 Å². The van der Waals surface area contributed by atoms with Crippen LogP contribution in [0.3, 0.4) is 0 Å². The predicted molar refractivity (Wildman–Crippen MR) is 127 cm³/mol. The van der Waals surface area contributed by atoms with Gasteiger partial charge in [0.15, 0.2) is 0 Å². The zero-order valence-corrected chi connectivity index (χ0v) is 18.9. The number of rotatable bonds is 8. The van der Waals surface area contributed by atoms with E-state index >= 15 is 0 Å². The predicted octanol–water partition coefficient (Wildman–Crippen LogP) is 5.37. The van der Waals surface area contributed by atoms with Gasteiger partial charge in [-0.05, 0) is 68.4 Å². The summed E-state index contributed by atoms with van der Waals surface area (Å²) in [7, 11) is 0. The zero-order chi connectivity index (χ0) is 23.8. The fourth-order valence-electron chi connectivity index (χ4n) is 2.90. The van der Waals surface area contributed by atoms with Crippen LogP contribution in [-0.2, 0) is 9.53 Å². The molecular formula is C25H23FN2O4S. The Balaban J connectivity index is 1.59. The van der Waals surface area contributed by atoms with E-state index in [4.69, 9.17) is 4.74 Å². The summed E-state index contributed by atoms with van der Waals surface area (Å²) in [5, 5.41) is 5.05. The third-order valence-corrected chi connectivity index (χ3v) is 5.65. The first-order valence-corrected chi connectivity index (χ1v) is 11.2. The molecule has 2 amide bonds. The van der Waals surface area contributed by atoms with Gasteiger partial charge in [-0.1, -0.05) is 18.2 Å². The standard InChI is InChI=1S/C25H23FN2O4S/c1-3-32-25(31)17-11-13-18(14-12-17)27-23(29)16(2)33-20-8-6-7-19(15-20)28-24(30)21-9-4-5-10-22(21)26/h4-16H,3H2,1-2H3,(H,27,29)(H,28,30). The normalized spacial score (nSPS) is 11.4. The molecule has 3 aromatic rings. The van der Waals surface area contributed by atoms with Crippen LogP contribution in [-0.4, -0.2) is 29.6 Å². The summed E-state index contributed by atoms with van der Waals surface area (Å²) in [5.74, 6) is -1.78. The number of hydrogen-bond donors (Lipinski definition) is 2. The molecule has 6 nitrogen and oxygen atoms in total. The number of ether oxygens (including phenoxy) is 1. The van der Waals surface area contributed by atoms with Crippen molar-refractivity contribution in [2.75, 3.05) is 17.2 Å². The molecule has 33 heavy (non-hydrogen) atoms. The van der Waals surface area contributed by atoms with Crippen molar-refractivity contribution < 1.29 is 23.5 Å². The summed E-state index contributed by atoms with van der Waals surface area (Å²) in [6.07, 6.45) is 0. The van der Waals surface area contributed by atoms with Gasteiger partial charge in [0.1, 0.15) is 5.82 Å². The van der Waals surface area contributed by atoms with Crippen molar-refractivity contribution in [3.8, 4) is 0 Å². The highest BCUT2D eigenvalue weighted by Gasteiger charge is 2.16. The third-order valence-electron chi connectivity index (χ3n) is 4.56. The van der Waals surface area contributed by atoms with Crippen LogP contribution in [0.15, 0.2) is 77.7 Å². The van der Waals surface area contributed by atoms with Crippen LogP contribution < -0.4 is 10.6 Å². The monoisotopic (exact) mass is 466 g/mol. The Morgan fingerprint density at radius 2 is 1.67 bits per heavy atom. The quantitative estimate of drug-likeness (QED) is 0.344. The maximum atomic E-state index is 13.8. The number of carbonyl (C=O) groups is 3. The molecule has 0 aromatic heterocycles. The summed E-state index contributed by atoms with van der Waals surface area (Å²) < 4.78 is 18.8. The summed E-state index contributed by atoms with van der Waals surface area (Å²) >= 11 is 1.31. The molecule has 3 rings (SSSR count). The van der Waals surface area contributed by atoms with Crippen LogP contribution in [0.4, 0.5) is 15.8 Å². The van der Waals surface area contributed by atoms with Crippen molar-refractivity contribution in [1.82, 2.24) is 0 Å². The van der Waals surface area contributed by atoms with Crippen LogP contribution in [0.2, 0.25) is 0 Å². The topological polar surface area (TPSA) is 84.5 Å².